The quantitative estimate of drug-likeness (QED) is 0.410. The summed E-state index contributed by atoms with van der Waals surface area (Å²) in [4.78, 5) is 10.3. The van der Waals surface area contributed by atoms with Crippen LogP contribution in [0.15, 0.2) is 18.2 Å². The molecule has 0 aliphatic heterocycles. The van der Waals surface area contributed by atoms with Gasteiger partial charge in [0.1, 0.15) is 5.82 Å². The molecule has 1 aromatic carbocycles. The van der Waals surface area contributed by atoms with Gasteiger partial charge in [-0.05, 0) is 31.5 Å². The van der Waals surface area contributed by atoms with Crippen molar-refractivity contribution in [2.24, 2.45) is 0 Å². The van der Waals surface area contributed by atoms with Crippen LogP contribution in [0.2, 0.25) is 0 Å². The highest BCUT2D eigenvalue weighted by atomic mass is 19.1. The monoisotopic (exact) mass is 270 g/mol. The molecule has 0 fully saturated rings. The van der Waals surface area contributed by atoms with Gasteiger partial charge in [-0.1, -0.05) is 12.8 Å². The van der Waals surface area contributed by atoms with Gasteiger partial charge in [0.15, 0.2) is 0 Å². The number of unbranched alkanes of at least 4 members (excludes halogenated alkanes) is 3. The highest BCUT2D eigenvalue weighted by Crippen LogP contribution is 2.19. The van der Waals surface area contributed by atoms with Gasteiger partial charge in [-0.3, -0.25) is 10.1 Å². The third kappa shape index (κ3) is 5.76. The Bertz CT molecular complexity index is 413. The first-order valence-corrected chi connectivity index (χ1v) is 6.39. The number of hydrogen-bond acceptors (Lipinski definition) is 4. The molecule has 0 saturated carbocycles. The second-order valence-electron chi connectivity index (χ2n) is 4.34. The number of nitro benzene ring substituents is 1. The van der Waals surface area contributed by atoms with Gasteiger partial charge < -0.3 is 10.4 Å². The Labute approximate surface area is 111 Å². The highest BCUT2D eigenvalue weighted by molar-refractivity contribution is 5.40. The molecule has 6 heteroatoms. The highest BCUT2D eigenvalue weighted by Gasteiger charge is 2.13. The van der Waals surface area contributed by atoms with Crippen LogP contribution in [-0.4, -0.2) is 23.2 Å². The Morgan fingerprint density at radius 1 is 1.26 bits per heavy atom. The van der Waals surface area contributed by atoms with Gasteiger partial charge in [-0.25, -0.2) is 4.39 Å². The van der Waals surface area contributed by atoms with E-state index in [9.17, 15) is 14.5 Å². The van der Waals surface area contributed by atoms with Crippen LogP contribution in [0.1, 0.15) is 31.2 Å². The van der Waals surface area contributed by atoms with E-state index in [0.717, 1.165) is 38.3 Å². The van der Waals surface area contributed by atoms with Crippen LogP contribution in [-0.2, 0) is 6.54 Å². The molecular weight excluding hydrogens is 251 g/mol. The van der Waals surface area contributed by atoms with Crippen LogP contribution in [0, 0.1) is 15.9 Å². The van der Waals surface area contributed by atoms with Crippen LogP contribution in [0.5, 0.6) is 0 Å². The van der Waals surface area contributed by atoms with Gasteiger partial charge in [0, 0.05) is 24.8 Å². The van der Waals surface area contributed by atoms with Crippen LogP contribution >= 0.6 is 0 Å². The summed E-state index contributed by atoms with van der Waals surface area (Å²) in [6.45, 7) is 1.22. The predicted molar refractivity (Wildman–Crippen MR) is 70.3 cm³/mol. The smallest absolute Gasteiger partial charge is 0.274 e. The molecule has 0 aromatic heterocycles. The molecule has 0 aliphatic carbocycles. The third-order valence-corrected chi connectivity index (χ3v) is 2.82. The summed E-state index contributed by atoms with van der Waals surface area (Å²) >= 11 is 0. The lowest BCUT2D eigenvalue weighted by atomic mass is 10.1. The molecule has 0 unspecified atom stereocenters. The van der Waals surface area contributed by atoms with Crippen molar-refractivity contribution in [3.63, 3.8) is 0 Å². The van der Waals surface area contributed by atoms with Crippen molar-refractivity contribution in [3.8, 4) is 0 Å². The predicted octanol–water partition coefficient (Wildman–Crippen LogP) is 2.38. The standard InChI is InChI=1S/C13H19FN2O3/c14-12-5-6-13(16(18)19)11(9-12)10-15-7-3-1-2-4-8-17/h5-6,9,15,17H,1-4,7-8,10H2. The van der Waals surface area contributed by atoms with Gasteiger partial charge in [-0.15, -0.1) is 0 Å². The Morgan fingerprint density at radius 2 is 2.00 bits per heavy atom. The summed E-state index contributed by atoms with van der Waals surface area (Å²) in [6, 6.07) is 3.47. The SMILES string of the molecule is O=[N+]([O-])c1ccc(F)cc1CNCCCCCCO. The van der Waals surface area contributed by atoms with Crippen molar-refractivity contribution in [2.75, 3.05) is 13.2 Å². The fraction of sp³-hybridized carbons (Fsp3) is 0.538. The minimum absolute atomic E-state index is 0.0609. The van der Waals surface area contributed by atoms with E-state index in [2.05, 4.69) is 5.32 Å². The maximum atomic E-state index is 13.1. The van der Waals surface area contributed by atoms with Gasteiger partial charge in [-0.2, -0.15) is 0 Å². The molecule has 0 spiro atoms. The lowest BCUT2D eigenvalue weighted by Gasteiger charge is -2.06. The molecule has 0 bridgehead atoms. The molecule has 19 heavy (non-hydrogen) atoms. The van der Waals surface area contributed by atoms with Gasteiger partial charge in [0.05, 0.1) is 4.92 Å². The molecule has 1 aromatic rings. The summed E-state index contributed by atoms with van der Waals surface area (Å²) in [5, 5.41) is 22.5. The van der Waals surface area contributed by atoms with Gasteiger partial charge in [0.2, 0.25) is 0 Å². The largest absolute Gasteiger partial charge is 0.396 e. The van der Waals surface area contributed by atoms with Crippen LogP contribution < -0.4 is 5.32 Å². The Morgan fingerprint density at radius 3 is 2.68 bits per heavy atom. The average molecular weight is 270 g/mol. The summed E-state index contributed by atoms with van der Waals surface area (Å²) in [5.74, 6) is -0.467. The zero-order valence-electron chi connectivity index (χ0n) is 10.8. The maximum absolute atomic E-state index is 13.1. The van der Waals surface area contributed by atoms with Gasteiger partial charge >= 0.3 is 0 Å². The van der Waals surface area contributed by atoms with Crippen molar-refractivity contribution in [1.82, 2.24) is 5.32 Å². The summed E-state index contributed by atoms with van der Waals surface area (Å²) in [5.41, 5.74) is 0.300. The van der Waals surface area contributed by atoms with Crippen molar-refractivity contribution >= 4 is 5.69 Å². The number of nitrogens with one attached hydrogen (secondary N) is 1. The molecule has 1 rings (SSSR count). The number of rotatable bonds is 9. The first kappa shape index (κ1) is 15.5. The van der Waals surface area contributed by atoms with E-state index in [1.54, 1.807) is 0 Å². The molecular formula is C13H19FN2O3. The second-order valence-corrected chi connectivity index (χ2v) is 4.34. The second kappa shape index (κ2) is 8.55. The zero-order valence-corrected chi connectivity index (χ0v) is 10.8. The first-order chi connectivity index (χ1) is 9.15. The molecule has 0 heterocycles. The fourth-order valence-electron chi connectivity index (χ4n) is 1.81. The first-order valence-electron chi connectivity index (χ1n) is 6.39. The summed E-state index contributed by atoms with van der Waals surface area (Å²) in [7, 11) is 0. The van der Waals surface area contributed by atoms with Crippen molar-refractivity contribution < 1.29 is 14.4 Å². The van der Waals surface area contributed by atoms with Gasteiger partial charge in [0.25, 0.3) is 5.69 Å². The maximum Gasteiger partial charge on any atom is 0.274 e. The summed E-state index contributed by atoms with van der Waals surface area (Å²) in [6.07, 6.45) is 3.70. The summed E-state index contributed by atoms with van der Waals surface area (Å²) < 4.78 is 13.1. The number of halogens is 1. The molecule has 2 N–H and O–H groups in total. The molecule has 106 valence electrons. The number of nitro groups is 1. The van der Waals surface area contributed by atoms with Crippen LogP contribution in [0.3, 0.4) is 0 Å². The minimum atomic E-state index is -0.502. The Hall–Kier alpha value is -1.53. The number of aliphatic hydroxyl groups excluding tert-OH is 1. The zero-order chi connectivity index (χ0) is 14.1. The topological polar surface area (TPSA) is 75.4 Å². The molecule has 5 nitrogen and oxygen atoms in total. The number of hydrogen-bond donors (Lipinski definition) is 2. The minimum Gasteiger partial charge on any atom is -0.396 e. The van der Waals surface area contributed by atoms with Crippen LogP contribution in [0.25, 0.3) is 0 Å². The van der Waals surface area contributed by atoms with E-state index in [0.29, 0.717) is 5.56 Å². The van der Waals surface area contributed by atoms with Crippen LogP contribution in [0.4, 0.5) is 10.1 Å². The number of aliphatic hydroxyl groups is 1. The normalized spacial score (nSPS) is 10.6. The van der Waals surface area contributed by atoms with E-state index in [4.69, 9.17) is 5.11 Å². The molecule has 0 saturated heterocycles. The van der Waals surface area contributed by atoms with Crippen molar-refractivity contribution in [1.29, 1.82) is 0 Å². The Balaban J connectivity index is 2.36. The Kier molecular flexibility index (Phi) is 6.99. The van der Waals surface area contributed by atoms with E-state index >= 15 is 0 Å². The van der Waals surface area contributed by atoms with E-state index in [1.165, 1.54) is 12.1 Å². The van der Waals surface area contributed by atoms with Crippen molar-refractivity contribution in [3.05, 3.63) is 39.7 Å². The number of nitrogens with zero attached hydrogens (tertiary/aromatic N) is 1. The molecule has 0 aliphatic rings. The molecule has 0 atom stereocenters. The third-order valence-electron chi connectivity index (χ3n) is 2.82. The van der Waals surface area contributed by atoms with E-state index < -0.39 is 10.7 Å². The molecule has 0 radical (unpaired) electrons. The fourth-order valence-corrected chi connectivity index (χ4v) is 1.81. The lowest BCUT2D eigenvalue weighted by Crippen LogP contribution is -2.15. The number of benzene rings is 1. The average Bonchev–Trinajstić information content (AvgIpc) is 2.37. The van der Waals surface area contributed by atoms with Crippen molar-refractivity contribution in [2.45, 2.75) is 32.2 Å². The molecule has 0 amide bonds. The lowest BCUT2D eigenvalue weighted by molar-refractivity contribution is -0.385. The van der Waals surface area contributed by atoms with E-state index in [-0.39, 0.29) is 18.8 Å². The van der Waals surface area contributed by atoms with E-state index in [1.807, 2.05) is 0 Å².